The van der Waals surface area contributed by atoms with Crippen LogP contribution in [0.25, 0.3) is 0 Å². The molecule has 14 heavy (non-hydrogen) atoms. The molecular formula is C9H16O4S. The predicted molar refractivity (Wildman–Crippen MR) is 53.7 cm³/mol. The Bertz CT molecular complexity index is 229. The van der Waals surface area contributed by atoms with Gasteiger partial charge < -0.3 is 9.47 Å². The fourth-order valence-corrected chi connectivity index (χ4v) is 3.01. The molecule has 0 bridgehead atoms. The van der Waals surface area contributed by atoms with Crippen LogP contribution < -0.4 is 0 Å². The minimum Gasteiger partial charge on any atom is -0.377 e. The first-order valence-corrected chi connectivity index (χ1v) is 6.02. The predicted octanol–water partition coefficient (Wildman–Crippen LogP) is 0.128. The third-order valence-corrected chi connectivity index (χ3v) is 4.15. The Labute approximate surface area is 86.4 Å². The van der Waals surface area contributed by atoms with Crippen molar-refractivity contribution >= 4 is 16.6 Å². The van der Waals surface area contributed by atoms with E-state index in [-0.39, 0.29) is 29.5 Å². The van der Waals surface area contributed by atoms with Crippen molar-refractivity contribution in [2.75, 3.05) is 26.1 Å². The zero-order valence-corrected chi connectivity index (χ0v) is 9.34. The summed E-state index contributed by atoms with van der Waals surface area (Å²) in [7, 11) is 0.349. The SMILES string of the molecule is COCC(=O)CS(=O)C1CCOC1C. The summed E-state index contributed by atoms with van der Waals surface area (Å²) in [6, 6.07) is 0. The third-order valence-electron chi connectivity index (χ3n) is 2.25. The maximum absolute atomic E-state index is 11.7. The summed E-state index contributed by atoms with van der Waals surface area (Å²) in [6.07, 6.45) is 0.791. The van der Waals surface area contributed by atoms with Crippen molar-refractivity contribution < 1.29 is 18.5 Å². The number of hydrogen-bond acceptors (Lipinski definition) is 4. The number of hydrogen-bond donors (Lipinski definition) is 0. The lowest BCUT2D eigenvalue weighted by Gasteiger charge is -2.12. The first kappa shape index (κ1) is 11.8. The minimum atomic E-state index is -1.11. The molecule has 0 spiro atoms. The molecule has 1 heterocycles. The van der Waals surface area contributed by atoms with Crippen LogP contribution in [0.5, 0.6) is 0 Å². The molecule has 0 aromatic carbocycles. The van der Waals surface area contributed by atoms with Gasteiger partial charge in [0.05, 0.1) is 17.1 Å². The van der Waals surface area contributed by atoms with E-state index >= 15 is 0 Å². The molecule has 0 N–H and O–H groups in total. The molecule has 0 radical (unpaired) electrons. The van der Waals surface area contributed by atoms with E-state index in [1.807, 2.05) is 6.92 Å². The van der Waals surface area contributed by atoms with Gasteiger partial charge in [0, 0.05) is 24.5 Å². The van der Waals surface area contributed by atoms with Gasteiger partial charge in [-0.15, -0.1) is 0 Å². The van der Waals surface area contributed by atoms with E-state index in [0.29, 0.717) is 6.61 Å². The van der Waals surface area contributed by atoms with Crippen molar-refractivity contribution in [2.24, 2.45) is 0 Å². The van der Waals surface area contributed by atoms with Crippen molar-refractivity contribution in [3.8, 4) is 0 Å². The number of Topliss-reactive ketones (excluding diaryl/α,β-unsaturated/α-hetero) is 1. The molecule has 4 nitrogen and oxygen atoms in total. The topological polar surface area (TPSA) is 52.6 Å². The van der Waals surface area contributed by atoms with Crippen molar-refractivity contribution in [2.45, 2.75) is 24.7 Å². The quantitative estimate of drug-likeness (QED) is 0.661. The van der Waals surface area contributed by atoms with Gasteiger partial charge in [-0.05, 0) is 13.3 Å². The number of methoxy groups -OCH3 is 1. The van der Waals surface area contributed by atoms with E-state index in [9.17, 15) is 9.00 Å². The van der Waals surface area contributed by atoms with Gasteiger partial charge in [0.1, 0.15) is 6.61 Å². The van der Waals surface area contributed by atoms with Gasteiger partial charge in [-0.1, -0.05) is 0 Å². The number of ketones is 1. The molecule has 1 aliphatic heterocycles. The fraction of sp³-hybridized carbons (Fsp3) is 0.889. The summed E-state index contributed by atoms with van der Waals surface area (Å²) >= 11 is 0. The van der Waals surface area contributed by atoms with Crippen LogP contribution in [0.1, 0.15) is 13.3 Å². The Morgan fingerprint density at radius 1 is 1.64 bits per heavy atom. The zero-order valence-electron chi connectivity index (χ0n) is 8.52. The highest BCUT2D eigenvalue weighted by atomic mass is 32.2. The van der Waals surface area contributed by atoms with Crippen molar-refractivity contribution in [1.82, 2.24) is 0 Å². The molecule has 1 aliphatic rings. The standard InChI is InChI=1S/C9H16O4S/c1-7-9(3-4-13-7)14(11)6-8(10)5-12-2/h7,9H,3-6H2,1-2H3. The average Bonchev–Trinajstić information content (AvgIpc) is 2.51. The molecule has 3 atom stereocenters. The summed E-state index contributed by atoms with van der Waals surface area (Å²) in [5.41, 5.74) is 0. The Morgan fingerprint density at radius 3 is 2.86 bits per heavy atom. The van der Waals surface area contributed by atoms with Crippen LogP contribution in [0.15, 0.2) is 0 Å². The molecule has 0 aromatic heterocycles. The summed E-state index contributed by atoms with van der Waals surface area (Å²) in [6.45, 7) is 2.60. The summed E-state index contributed by atoms with van der Waals surface area (Å²) in [4.78, 5) is 11.2. The van der Waals surface area contributed by atoms with Gasteiger partial charge in [0.25, 0.3) is 0 Å². The molecule has 0 aliphatic carbocycles. The van der Waals surface area contributed by atoms with E-state index in [0.717, 1.165) is 6.42 Å². The van der Waals surface area contributed by atoms with E-state index in [2.05, 4.69) is 4.74 Å². The number of carbonyl (C=O) groups is 1. The Morgan fingerprint density at radius 2 is 2.36 bits per heavy atom. The number of carbonyl (C=O) groups excluding carboxylic acids is 1. The van der Waals surface area contributed by atoms with Crippen LogP contribution in [0.3, 0.4) is 0 Å². The Kier molecular flexibility index (Phi) is 4.71. The molecule has 1 rings (SSSR count). The Balaban J connectivity index is 2.37. The normalized spacial score (nSPS) is 29.0. The highest BCUT2D eigenvalue weighted by molar-refractivity contribution is 7.86. The van der Waals surface area contributed by atoms with Crippen molar-refractivity contribution in [1.29, 1.82) is 0 Å². The molecule has 5 heteroatoms. The van der Waals surface area contributed by atoms with Crippen molar-refractivity contribution in [3.05, 3.63) is 0 Å². The number of ether oxygens (including phenoxy) is 2. The fourth-order valence-electron chi connectivity index (χ4n) is 1.53. The van der Waals surface area contributed by atoms with E-state index < -0.39 is 10.8 Å². The molecule has 1 fully saturated rings. The largest absolute Gasteiger partial charge is 0.377 e. The van der Waals surface area contributed by atoms with Gasteiger partial charge in [-0.2, -0.15) is 0 Å². The molecule has 0 aromatic rings. The lowest BCUT2D eigenvalue weighted by Crippen LogP contribution is -2.28. The zero-order chi connectivity index (χ0) is 10.6. The molecule has 0 saturated carbocycles. The van der Waals surface area contributed by atoms with Crippen molar-refractivity contribution in [3.63, 3.8) is 0 Å². The van der Waals surface area contributed by atoms with Crippen LogP contribution in [0, 0.1) is 0 Å². The lowest BCUT2D eigenvalue weighted by atomic mass is 10.3. The van der Waals surface area contributed by atoms with E-state index in [4.69, 9.17) is 4.74 Å². The van der Waals surface area contributed by atoms with Crippen LogP contribution in [0.2, 0.25) is 0 Å². The van der Waals surface area contributed by atoms with Gasteiger partial charge in [0.15, 0.2) is 5.78 Å². The number of rotatable bonds is 5. The monoisotopic (exact) mass is 220 g/mol. The molecule has 82 valence electrons. The van der Waals surface area contributed by atoms with E-state index in [1.165, 1.54) is 7.11 Å². The van der Waals surface area contributed by atoms with Crippen LogP contribution in [-0.2, 0) is 25.1 Å². The van der Waals surface area contributed by atoms with Gasteiger partial charge in [0.2, 0.25) is 0 Å². The lowest BCUT2D eigenvalue weighted by molar-refractivity contribution is -0.120. The third kappa shape index (κ3) is 3.15. The first-order chi connectivity index (χ1) is 6.65. The summed E-state index contributed by atoms with van der Waals surface area (Å²) in [5, 5.41) is 0.0100. The maximum atomic E-state index is 11.7. The summed E-state index contributed by atoms with van der Waals surface area (Å²) in [5.74, 6) is -0.0171. The van der Waals surface area contributed by atoms with Crippen LogP contribution in [0.4, 0.5) is 0 Å². The van der Waals surface area contributed by atoms with Gasteiger partial charge in [-0.25, -0.2) is 0 Å². The molecular weight excluding hydrogens is 204 g/mol. The molecule has 1 saturated heterocycles. The second-order valence-corrected chi connectivity index (χ2v) is 5.06. The average molecular weight is 220 g/mol. The molecule has 3 unspecified atom stereocenters. The maximum Gasteiger partial charge on any atom is 0.170 e. The van der Waals surface area contributed by atoms with Gasteiger partial charge >= 0.3 is 0 Å². The Hall–Kier alpha value is -0.260. The minimum absolute atomic E-state index is 0.00572. The second kappa shape index (κ2) is 5.58. The van der Waals surface area contributed by atoms with Gasteiger partial charge in [-0.3, -0.25) is 9.00 Å². The molecule has 0 amide bonds. The highest BCUT2D eigenvalue weighted by Gasteiger charge is 2.30. The van der Waals surface area contributed by atoms with Crippen LogP contribution >= 0.6 is 0 Å². The first-order valence-electron chi connectivity index (χ1n) is 4.64. The smallest absolute Gasteiger partial charge is 0.170 e. The second-order valence-electron chi connectivity index (χ2n) is 3.40. The highest BCUT2D eigenvalue weighted by Crippen LogP contribution is 2.18. The van der Waals surface area contributed by atoms with E-state index in [1.54, 1.807) is 0 Å². The summed E-state index contributed by atoms with van der Waals surface area (Å²) < 4.78 is 21.7. The van der Waals surface area contributed by atoms with Crippen LogP contribution in [-0.4, -0.2) is 47.4 Å².